The SMILES string of the molecule is CN(C(=O)CC1CCCC1)C1CCC(N)CC1. The van der Waals surface area contributed by atoms with Crippen molar-refractivity contribution in [2.75, 3.05) is 7.05 Å². The van der Waals surface area contributed by atoms with Crippen LogP contribution in [-0.4, -0.2) is 29.9 Å². The van der Waals surface area contributed by atoms with Crippen molar-refractivity contribution in [2.24, 2.45) is 11.7 Å². The average molecular weight is 238 g/mol. The first-order chi connectivity index (χ1) is 8.16. The maximum absolute atomic E-state index is 12.2. The first-order valence-electron chi connectivity index (χ1n) is 7.18. The average Bonchev–Trinajstić information content (AvgIpc) is 2.82. The normalized spacial score (nSPS) is 30.5. The molecule has 2 rings (SSSR count). The molecule has 0 unspecified atom stereocenters. The molecule has 0 spiro atoms. The summed E-state index contributed by atoms with van der Waals surface area (Å²) in [6, 6.07) is 0.813. The molecule has 2 aliphatic rings. The van der Waals surface area contributed by atoms with Gasteiger partial charge >= 0.3 is 0 Å². The van der Waals surface area contributed by atoms with Crippen LogP contribution in [0.3, 0.4) is 0 Å². The molecule has 1 amide bonds. The summed E-state index contributed by atoms with van der Waals surface area (Å²) in [5, 5.41) is 0. The van der Waals surface area contributed by atoms with Crippen LogP contribution in [0.25, 0.3) is 0 Å². The monoisotopic (exact) mass is 238 g/mol. The van der Waals surface area contributed by atoms with Gasteiger partial charge in [-0.2, -0.15) is 0 Å². The van der Waals surface area contributed by atoms with Crippen LogP contribution in [0.4, 0.5) is 0 Å². The van der Waals surface area contributed by atoms with Gasteiger partial charge in [-0.3, -0.25) is 4.79 Å². The van der Waals surface area contributed by atoms with E-state index in [-0.39, 0.29) is 0 Å². The quantitative estimate of drug-likeness (QED) is 0.820. The van der Waals surface area contributed by atoms with Crippen molar-refractivity contribution in [1.82, 2.24) is 4.90 Å². The third-order valence-corrected chi connectivity index (χ3v) is 4.62. The lowest BCUT2D eigenvalue weighted by Gasteiger charge is -2.34. The lowest BCUT2D eigenvalue weighted by atomic mass is 9.90. The summed E-state index contributed by atoms with van der Waals surface area (Å²) in [6.07, 6.45) is 10.3. The molecule has 0 atom stereocenters. The van der Waals surface area contributed by atoms with Gasteiger partial charge in [0.25, 0.3) is 0 Å². The number of nitrogens with two attached hydrogens (primary N) is 1. The van der Waals surface area contributed by atoms with Gasteiger partial charge in [-0.15, -0.1) is 0 Å². The Hall–Kier alpha value is -0.570. The number of nitrogens with zero attached hydrogens (tertiary/aromatic N) is 1. The fourth-order valence-electron chi connectivity index (χ4n) is 3.30. The lowest BCUT2D eigenvalue weighted by Crippen LogP contribution is -2.42. The molecule has 17 heavy (non-hydrogen) atoms. The van der Waals surface area contributed by atoms with E-state index in [0.717, 1.165) is 32.1 Å². The van der Waals surface area contributed by atoms with Crippen molar-refractivity contribution in [3.63, 3.8) is 0 Å². The van der Waals surface area contributed by atoms with Crippen molar-refractivity contribution in [2.45, 2.75) is 69.9 Å². The molecular weight excluding hydrogens is 212 g/mol. The van der Waals surface area contributed by atoms with E-state index >= 15 is 0 Å². The predicted molar refractivity (Wildman–Crippen MR) is 69.6 cm³/mol. The summed E-state index contributed by atoms with van der Waals surface area (Å²) in [6.45, 7) is 0. The van der Waals surface area contributed by atoms with Crippen LogP contribution in [0.2, 0.25) is 0 Å². The Bertz CT molecular complexity index is 253. The van der Waals surface area contributed by atoms with Crippen LogP contribution < -0.4 is 5.73 Å². The first kappa shape index (κ1) is 12.9. The second-order valence-corrected chi connectivity index (χ2v) is 5.93. The highest BCUT2D eigenvalue weighted by atomic mass is 16.2. The van der Waals surface area contributed by atoms with Crippen molar-refractivity contribution >= 4 is 5.91 Å². The van der Waals surface area contributed by atoms with Crippen molar-refractivity contribution < 1.29 is 4.79 Å². The van der Waals surface area contributed by atoms with Crippen molar-refractivity contribution in [3.8, 4) is 0 Å². The molecular formula is C14H26N2O. The van der Waals surface area contributed by atoms with Gasteiger partial charge in [0.15, 0.2) is 0 Å². The predicted octanol–water partition coefficient (Wildman–Crippen LogP) is 2.29. The molecule has 0 aromatic rings. The van der Waals surface area contributed by atoms with E-state index in [9.17, 15) is 4.79 Å². The topological polar surface area (TPSA) is 46.3 Å². The Morgan fingerprint density at radius 2 is 1.71 bits per heavy atom. The summed E-state index contributed by atoms with van der Waals surface area (Å²) in [4.78, 5) is 14.2. The minimum atomic E-state index is 0.359. The molecule has 0 radical (unpaired) electrons. The van der Waals surface area contributed by atoms with Crippen LogP contribution in [0.1, 0.15) is 57.8 Å². The molecule has 0 aromatic carbocycles. The maximum atomic E-state index is 12.2. The second kappa shape index (κ2) is 5.85. The standard InChI is InChI=1S/C14H26N2O/c1-16(13-8-6-12(15)7-9-13)14(17)10-11-4-2-3-5-11/h11-13H,2-10,15H2,1H3. The molecule has 98 valence electrons. The molecule has 3 heteroatoms. The van der Waals surface area contributed by atoms with Gasteiger partial charge in [-0.1, -0.05) is 12.8 Å². The zero-order chi connectivity index (χ0) is 12.3. The highest BCUT2D eigenvalue weighted by Gasteiger charge is 2.27. The molecule has 0 aromatic heterocycles. The highest BCUT2D eigenvalue weighted by molar-refractivity contribution is 5.76. The van der Waals surface area contributed by atoms with Crippen LogP contribution >= 0.6 is 0 Å². The number of rotatable bonds is 3. The van der Waals surface area contributed by atoms with Crippen LogP contribution in [0, 0.1) is 5.92 Å². The summed E-state index contributed by atoms with van der Waals surface area (Å²) in [5.41, 5.74) is 5.90. The Kier molecular flexibility index (Phi) is 4.43. The van der Waals surface area contributed by atoms with E-state index in [1.807, 2.05) is 11.9 Å². The summed E-state index contributed by atoms with van der Waals surface area (Å²) in [5.74, 6) is 1.02. The zero-order valence-electron chi connectivity index (χ0n) is 11.0. The maximum Gasteiger partial charge on any atom is 0.222 e. The minimum absolute atomic E-state index is 0.359. The van der Waals surface area contributed by atoms with Gasteiger partial charge in [0, 0.05) is 25.6 Å². The third-order valence-electron chi connectivity index (χ3n) is 4.62. The molecule has 0 bridgehead atoms. The molecule has 2 saturated carbocycles. The molecule has 0 saturated heterocycles. The van der Waals surface area contributed by atoms with Crippen molar-refractivity contribution in [3.05, 3.63) is 0 Å². The zero-order valence-corrected chi connectivity index (χ0v) is 11.0. The summed E-state index contributed by atoms with van der Waals surface area (Å²) in [7, 11) is 1.98. The number of carbonyl (C=O) groups is 1. The fourth-order valence-corrected chi connectivity index (χ4v) is 3.30. The first-order valence-corrected chi connectivity index (χ1v) is 7.18. The molecule has 0 aliphatic heterocycles. The van der Waals surface area contributed by atoms with E-state index in [2.05, 4.69) is 0 Å². The van der Waals surface area contributed by atoms with Crippen molar-refractivity contribution in [1.29, 1.82) is 0 Å². The lowest BCUT2D eigenvalue weighted by molar-refractivity contribution is -0.133. The molecule has 3 nitrogen and oxygen atoms in total. The van der Waals surface area contributed by atoms with Crippen LogP contribution in [-0.2, 0) is 4.79 Å². The molecule has 2 fully saturated rings. The number of amides is 1. The van der Waals surface area contributed by atoms with Gasteiger partial charge in [-0.05, 0) is 44.4 Å². The summed E-state index contributed by atoms with van der Waals surface area (Å²) < 4.78 is 0. The molecule has 2 N–H and O–H groups in total. The molecule has 2 aliphatic carbocycles. The third kappa shape index (κ3) is 3.44. The highest BCUT2D eigenvalue weighted by Crippen LogP contribution is 2.29. The van der Waals surface area contributed by atoms with E-state index in [4.69, 9.17) is 5.73 Å². The van der Waals surface area contributed by atoms with Crippen LogP contribution in [0.15, 0.2) is 0 Å². The Morgan fingerprint density at radius 3 is 2.29 bits per heavy atom. The van der Waals surface area contributed by atoms with E-state index < -0.39 is 0 Å². The number of hydrogen-bond donors (Lipinski definition) is 1. The Labute approximate surface area is 105 Å². The van der Waals surface area contributed by atoms with Gasteiger partial charge in [0.05, 0.1) is 0 Å². The fraction of sp³-hybridized carbons (Fsp3) is 0.929. The number of carbonyl (C=O) groups excluding carboxylic acids is 1. The summed E-state index contributed by atoms with van der Waals surface area (Å²) >= 11 is 0. The van der Waals surface area contributed by atoms with E-state index in [0.29, 0.717) is 23.9 Å². The Morgan fingerprint density at radius 1 is 1.12 bits per heavy atom. The van der Waals surface area contributed by atoms with Gasteiger partial charge in [0.2, 0.25) is 5.91 Å². The Balaban J connectivity index is 1.77. The smallest absolute Gasteiger partial charge is 0.222 e. The van der Waals surface area contributed by atoms with Gasteiger partial charge in [0.1, 0.15) is 0 Å². The van der Waals surface area contributed by atoms with E-state index in [1.54, 1.807) is 0 Å². The van der Waals surface area contributed by atoms with Crippen LogP contribution in [0.5, 0.6) is 0 Å². The molecule has 0 heterocycles. The number of hydrogen-bond acceptors (Lipinski definition) is 2. The minimum Gasteiger partial charge on any atom is -0.343 e. The van der Waals surface area contributed by atoms with Gasteiger partial charge in [-0.25, -0.2) is 0 Å². The van der Waals surface area contributed by atoms with E-state index in [1.165, 1.54) is 25.7 Å². The van der Waals surface area contributed by atoms with Gasteiger partial charge < -0.3 is 10.6 Å². The second-order valence-electron chi connectivity index (χ2n) is 5.93. The largest absolute Gasteiger partial charge is 0.343 e.